The van der Waals surface area contributed by atoms with Gasteiger partial charge in [0, 0.05) is 36.4 Å². The van der Waals surface area contributed by atoms with Crippen LogP contribution in [-0.4, -0.2) is 39.2 Å². The third-order valence-corrected chi connectivity index (χ3v) is 4.33. The third-order valence-electron chi connectivity index (χ3n) is 4.02. The Bertz CT molecular complexity index is 646. The second-order valence-corrected chi connectivity index (χ2v) is 5.55. The van der Waals surface area contributed by atoms with Crippen molar-refractivity contribution in [2.45, 2.75) is 19.4 Å². The van der Waals surface area contributed by atoms with Crippen molar-refractivity contribution in [2.75, 3.05) is 12.4 Å². The normalized spacial score (nSPS) is 22.4. The van der Waals surface area contributed by atoms with Gasteiger partial charge in [-0.25, -0.2) is 0 Å². The molecule has 1 aromatic heterocycles. The maximum absolute atomic E-state index is 12.6. The van der Waals surface area contributed by atoms with E-state index in [4.69, 9.17) is 11.6 Å². The molecule has 2 heterocycles. The average Bonchev–Trinajstić information content (AvgIpc) is 2.86. The van der Waals surface area contributed by atoms with Gasteiger partial charge in [0.15, 0.2) is 0 Å². The first-order valence-electron chi connectivity index (χ1n) is 6.78. The fourth-order valence-corrected chi connectivity index (χ4v) is 3.23. The molecule has 1 saturated heterocycles. The highest BCUT2D eigenvalue weighted by molar-refractivity contribution is 6.18. The summed E-state index contributed by atoms with van der Waals surface area (Å²) < 4.78 is 0. The lowest BCUT2D eigenvalue weighted by Crippen LogP contribution is -2.38. The lowest BCUT2D eigenvalue weighted by Gasteiger charge is -2.25. The van der Waals surface area contributed by atoms with Crippen molar-refractivity contribution in [3.63, 3.8) is 0 Å². The van der Waals surface area contributed by atoms with Crippen molar-refractivity contribution in [1.82, 2.24) is 14.9 Å². The molecule has 0 aliphatic carbocycles. The number of amides is 1. The number of hydrogen-bond donors (Lipinski definition) is 0. The van der Waals surface area contributed by atoms with Gasteiger partial charge in [-0.2, -0.15) is 0 Å². The smallest absolute Gasteiger partial charge is 0.254 e. The van der Waals surface area contributed by atoms with E-state index < -0.39 is 0 Å². The zero-order valence-electron chi connectivity index (χ0n) is 11.3. The Hall–Kier alpha value is -1.68. The van der Waals surface area contributed by atoms with Crippen LogP contribution in [-0.2, 0) is 0 Å². The first-order valence-corrected chi connectivity index (χ1v) is 7.32. The zero-order valence-corrected chi connectivity index (χ0v) is 12.0. The molecule has 1 amide bonds. The van der Waals surface area contributed by atoms with E-state index in [9.17, 15) is 4.79 Å². The van der Waals surface area contributed by atoms with Gasteiger partial charge in [-0.3, -0.25) is 14.8 Å². The summed E-state index contributed by atoms with van der Waals surface area (Å²) in [7, 11) is 0. The molecule has 20 heavy (non-hydrogen) atoms. The van der Waals surface area contributed by atoms with Crippen LogP contribution in [0.4, 0.5) is 0 Å². The lowest BCUT2D eigenvalue weighted by molar-refractivity contribution is 0.0737. The Morgan fingerprint density at radius 3 is 2.85 bits per heavy atom. The minimum Gasteiger partial charge on any atom is -0.334 e. The molecule has 1 aliphatic rings. The minimum absolute atomic E-state index is 0.0348. The van der Waals surface area contributed by atoms with Crippen LogP contribution in [0.15, 0.2) is 30.6 Å². The number of fused-ring (bicyclic) bond motifs is 1. The standard InChI is InChI=1S/C15H16ClN3O/c1-10-4-7-19(14(10)9-16)15(20)11-2-3-12-13(8-11)18-6-5-17-12/h2-3,5-6,8,10,14H,4,7,9H2,1H3. The van der Waals surface area contributed by atoms with E-state index in [1.165, 1.54) is 0 Å². The summed E-state index contributed by atoms with van der Waals surface area (Å²) in [5.74, 6) is 0.976. The van der Waals surface area contributed by atoms with Crippen LogP contribution in [0.5, 0.6) is 0 Å². The van der Waals surface area contributed by atoms with Crippen molar-refractivity contribution in [3.05, 3.63) is 36.2 Å². The van der Waals surface area contributed by atoms with E-state index >= 15 is 0 Å². The summed E-state index contributed by atoms with van der Waals surface area (Å²) in [6.07, 6.45) is 4.29. The van der Waals surface area contributed by atoms with Gasteiger partial charge < -0.3 is 4.90 Å². The number of nitrogens with zero attached hydrogens (tertiary/aromatic N) is 3. The number of aromatic nitrogens is 2. The van der Waals surface area contributed by atoms with Crippen LogP contribution in [0, 0.1) is 5.92 Å². The molecule has 104 valence electrons. The molecule has 1 fully saturated rings. The number of carbonyl (C=O) groups is 1. The number of alkyl halides is 1. The summed E-state index contributed by atoms with van der Waals surface area (Å²) >= 11 is 6.01. The molecule has 2 atom stereocenters. The highest BCUT2D eigenvalue weighted by Crippen LogP contribution is 2.27. The van der Waals surface area contributed by atoms with E-state index in [2.05, 4.69) is 16.9 Å². The Labute approximate surface area is 122 Å². The fourth-order valence-electron chi connectivity index (χ4n) is 2.76. The Kier molecular flexibility index (Phi) is 3.57. The van der Waals surface area contributed by atoms with Gasteiger partial charge >= 0.3 is 0 Å². The van der Waals surface area contributed by atoms with Crippen LogP contribution in [0.25, 0.3) is 11.0 Å². The molecule has 0 saturated carbocycles. The van der Waals surface area contributed by atoms with Gasteiger partial charge in [-0.15, -0.1) is 11.6 Å². The molecular weight excluding hydrogens is 274 g/mol. The van der Waals surface area contributed by atoms with E-state index in [1.807, 2.05) is 17.0 Å². The molecular formula is C15H16ClN3O. The van der Waals surface area contributed by atoms with Crippen LogP contribution < -0.4 is 0 Å². The van der Waals surface area contributed by atoms with Gasteiger partial charge in [0.1, 0.15) is 0 Å². The second kappa shape index (κ2) is 5.37. The van der Waals surface area contributed by atoms with Crippen LogP contribution in [0.2, 0.25) is 0 Å². The van der Waals surface area contributed by atoms with Crippen molar-refractivity contribution in [2.24, 2.45) is 5.92 Å². The monoisotopic (exact) mass is 289 g/mol. The van der Waals surface area contributed by atoms with E-state index in [-0.39, 0.29) is 11.9 Å². The fraction of sp³-hybridized carbons (Fsp3) is 0.400. The summed E-state index contributed by atoms with van der Waals surface area (Å²) in [5.41, 5.74) is 2.20. The van der Waals surface area contributed by atoms with E-state index in [0.717, 1.165) is 24.0 Å². The molecule has 0 N–H and O–H groups in total. The second-order valence-electron chi connectivity index (χ2n) is 5.25. The number of carbonyl (C=O) groups excluding carboxylic acids is 1. The largest absolute Gasteiger partial charge is 0.334 e. The van der Waals surface area contributed by atoms with Gasteiger partial charge in [0.2, 0.25) is 0 Å². The van der Waals surface area contributed by atoms with Crippen LogP contribution in [0.1, 0.15) is 23.7 Å². The summed E-state index contributed by atoms with van der Waals surface area (Å²) in [6.45, 7) is 2.92. The number of halogens is 1. The molecule has 2 unspecified atom stereocenters. The molecule has 2 aromatic rings. The van der Waals surface area contributed by atoms with Gasteiger partial charge in [0.25, 0.3) is 5.91 Å². The summed E-state index contributed by atoms with van der Waals surface area (Å²) in [6, 6.07) is 5.58. The highest BCUT2D eigenvalue weighted by Gasteiger charge is 2.34. The SMILES string of the molecule is CC1CCN(C(=O)c2ccc3nccnc3c2)C1CCl. The van der Waals surface area contributed by atoms with Gasteiger partial charge in [0.05, 0.1) is 11.0 Å². The quantitative estimate of drug-likeness (QED) is 0.799. The molecule has 0 bridgehead atoms. The number of likely N-dealkylation sites (tertiary alicyclic amines) is 1. The molecule has 3 rings (SSSR count). The average molecular weight is 290 g/mol. The predicted molar refractivity (Wildman–Crippen MR) is 78.9 cm³/mol. The maximum atomic E-state index is 12.6. The zero-order chi connectivity index (χ0) is 14.1. The maximum Gasteiger partial charge on any atom is 0.254 e. The van der Waals surface area contributed by atoms with Crippen LogP contribution in [0.3, 0.4) is 0 Å². The Morgan fingerprint density at radius 1 is 1.35 bits per heavy atom. The highest BCUT2D eigenvalue weighted by atomic mass is 35.5. The molecule has 1 aromatic carbocycles. The first kappa shape index (κ1) is 13.3. The summed E-state index contributed by atoms with van der Waals surface area (Å²) in [5, 5.41) is 0. The number of hydrogen-bond acceptors (Lipinski definition) is 3. The van der Waals surface area contributed by atoms with Gasteiger partial charge in [-0.1, -0.05) is 6.92 Å². The Balaban J connectivity index is 1.92. The first-order chi connectivity index (χ1) is 9.70. The third kappa shape index (κ3) is 2.24. The van der Waals surface area contributed by atoms with Crippen molar-refractivity contribution < 1.29 is 4.79 Å². The van der Waals surface area contributed by atoms with Crippen LogP contribution >= 0.6 is 11.6 Å². The summed E-state index contributed by atoms with van der Waals surface area (Å²) in [4.78, 5) is 23.0. The van der Waals surface area contributed by atoms with Crippen molar-refractivity contribution in [3.8, 4) is 0 Å². The van der Waals surface area contributed by atoms with E-state index in [1.54, 1.807) is 18.5 Å². The molecule has 1 aliphatic heterocycles. The number of benzene rings is 1. The predicted octanol–water partition coefficient (Wildman–Crippen LogP) is 2.72. The Morgan fingerprint density at radius 2 is 2.10 bits per heavy atom. The van der Waals surface area contributed by atoms with Gasteiger partial charge in [-0.05, 0) is 30.5 Å². The van der Waals surface area contributed by atoms with E-state index in [0.29, 0.717) is 17.4 Å². The van der Waals surface area contributed by atoms with Crippen molar-refractivity contribution in [1.29, 1.82) is 0 Å². The topological polar surface area (TPSA) is 46.1 Å². The van der Waals surface area contributed by atoms with Crippen molar-refractivity contribution >= 4 is 28.5 Å². The molecule has 4 nitrogen and oxygen atoms in total. The number of rotatable bonds is 2. The molecule has 5 heteroatoms. The molecule has 0 radical (unpaired) electrons. The molecule has 0 spiro atoms. The minimum atomic E-state index is 0.0348. The lowest BCUT2D eigenvalue weighted by atomic mass is 10.0.